The van der Waals surface area contributed by atoms with Gasteiger partial charge < -0.3 is 19.8 Å². The van der Waals surface area contributed by atoms with E-state index in [9.17, 15) is 19.8 Å². The Morgan fingerprint density at radius 3 is 1.00 bits per heavy atom. The molecule has 0 aromatic heterocycles. The van der Waals surface area contributed by atoms with Gasteiger partial charge >= 0.3 is 17.1 Å². The molecule has 1 rings (SSSR count). The number of hydrogen-bond donors (Lipinski definition) is 0. The van der Waals surface area contributed by atoms with Gasteiger partial charge in [-0.1, -0.05) is 65.2 Å². The number of carbonyl (C=O) groups is 2. The minimum absolute atomic E-state index is 0. The maximum absolute atomic E-state index is 9.49. The zero-order chi connectivity index (χ0) is 14.2. The van der Waals surface area contributed by atoms with Gasteiger partial charge in [0.25, 0.3) is 0 Å². The van der Waals surface area contributed by atoms with E-state index in [-0.39, 0.29) is 29.9 Å². The predicted molar refractivity (Wildman–Crippen MR) is 67.5 cm³/mol. The first-order valence-electron chi connectivity index (χ1n) is 6.94. The largest absolute Gasteiger partial charge is 2.00 e. The topological polar surface area (TPSA) is 80.3 Å². The molecule has 1 aliphatic carbocycles. The Kier molecular flexibility index (Phi) is 24.5. The second-order valence-electron chi connectivity index (χ2n) is 4.37. The SMILES string of the molecule is C1CCCCC1.CCCC(=O)[O-].CCCC(=O)[O-].[Fe+2]. The molecule has 1 saturated carbocycles. The van der Waals surface area contributed by atoms with Gasteiger partial charge in [-0.2, -0.15) is 0 Å². The van der Waals surface area contributed by atoms with Crippen molar-refractivity contribution in [2.24, 2.45) is 0 Å². The molecule has 1 fully saturated rings. The van der Waals surface area contributed by atoms with Crippen molar-refractivity contribution >= 4 is 11.9 Å². The van der Waals surface area contributed by atoms with Crippen LogP contribution in [0.25, 0.3) is 0 Å². The van der Waals surface area contributed by atoms with E-state index in [1.54, 1.807) is 13.8 Å². The van der Waals surface area contributed by atoms with Crippen LogP contribution >= 0.6 is 0 Å². The third kappa shape index (κ3) is 31.8. The van der Waals surface area contributed by atoms with E-state index in [2.05, 4.69) is 0 Å². The number of aliphatic carboxylic acids is 2. The summed E-state index contributed by atoms with van der Waals surface area (Å²) in [5, 5.41) is 19.0. The summed E-state index contributed by atoms with van der Waals surface area (Å²) in [5.74, 6) is -1.92. The van der Waals surface area contributed by atoms with Gasteiger partial charge in [0.05, 0.1) is 0 Å². The Bertz CT molecular complexity index is 176. The molecule has 0 N–H and O–H groups in total. The van der Waals surface area contributed by atoms with E-state index in [0.29, 0.717) is 12.8 Å². The van der Waals surface area contributed by atoms with Gasteiger partial charge in [-0.05, 0) is 12.8 Å². The fourth-order valence-electron chi connectivity index (χ4n) is 1.47. The third-order valence-electron chi connectivity index (χ3n) is 2.41. The molecule has 0 spiro atoms. The van der Waals surface area contributed by atoms with E-state index >= 15 is 0 Å². The zero-order valence-electron chi connectivity index (χ0n) is 12.1. The van der Waals surface area contributed by atoms with Crippen LogP contribution in [0.1, 0.15) is 78.1 Å². The fraction of sp³-hybridized carbons (Fsp3) is 0.857. The summed E-state index contributed by atoms with van der Waals surface area (Å²) < 4.78 is 0. The molecule has 114 valence electrons. The molecule has 0 amide bonds. The average molecular weight is 314 g/mol. The minimum atomic E-state index is -0.961. The van der Waals surface area contributed by atoms with Gasteiger partial charge in [0.2, 0.25) is 0 Å². The molecule has 19 heavy (non-hydrogen) atoms. The van der Waals surface area contributed by atoms with Crippen LogP contribution in [0.4, 0.5) is 0 Å². The van der Waals surface area contributed by atoms with Crippen LogP contribution in [0.5, 0.6) is 0 Å². The summed E-state index contributed by atoms with van der Waals surface area (Å²) in [5.41, 5.74) is 0. The average Bonchev–Trinajstić information content (AvgIpc) is 2.32. The Morgan fingerprint density at radius 2 is 0.947 bits per heavy atom. The Hall–Kier alpha value is -0.541. The van der Waals surface area contributed by atoms with Gasteiger partial charge in [-0.15, -0.1) is 0 Å². The van der Waals surface area contributed by atoms with Crippen molar-refractivity contribution in [2.75, 3.05) is 0 Å². The maximum atomic E-state index is 9.49. The molecule has 0 aliphatic heterocycles. The van der Waals surface area contributed by atoms with Crippen LogP contribution < -0.4 is 10.2 Å². The molecule has 0 atom stereocenters. The van der Waals surface area contributed by atoms with Crippen LogP contribution in [0.3, 0.4) is 0 Å². The van der Waals surface area contributed by atoms with E-state index in [1.165, 1.54) is 38.5 Å². The quantitative estimate of drug-likeness (QED) is 0.735. The van der Waals surface area contributed by atoms with Gasteiger partial charge in [0.1, 0.15) is 0 Å². The summed E-state index contributed by atoms with van der Waals surface area (Å²) in [6.07, 6.45) is 10.7. The van der Waals surface area contributed by atoms with Crippen molar-refractivity contribution in [1.29, 1.82) is 0 Å². The standard InChI is InChI=1S/C6H12.2C4H8O2.Fe/c1-2-4-6-5-3-1;2*1-2-3-4(5)6;/h1-6H2;2*2-3H2,1H3,(H,5,6);/q;;;+2/p-2. The predicted octanol–water partition coefficient (Wildman–Crippen LogP) is 1.41. The number of rotatable bonds is 4. The zero-order valence-corrected chi connectivity index (χ0v) is 13.2. The van der Waals surface area contributed by atoms with Crippen molar-refractivity contribution in [1.82, 2.24) is 0 Å². The van der Waals surface area contributed by atoms with Gasteiger partial charge in [-0.3, -0.25) is 0 Å². The molecular formula is C14H26FeO4. The molecule has 0 aromatic rings. The number of carboxylic acid groups (broad SMARTS) is 2. The Labute approximate surface area is 127 Å². The smallest absolute Gasteiger partial charge is 0.550 e. The van der Waals surface area contributed by atoms with Crippen molar-refractivity contribution in [2.45, 2.75) is 78.1 Å². The second-order valence-corrected chi connectivity index (χ2v) is 4.37. The summed E-state index contributed by atoms with van der Waals surface area (Å²) >= 11 is 0. The summed E-state index contributed by atoms with van der Waals surface area (Å²) in [4.78, 5) is 19.0. The summed E-state index contributed by atoms with van der Waals surface area (Å²) in [6.45, 7) is 3.60. The summed E-state index contributed by atoms with van der Waals surface area (Å²) in [6, 6.07) is 0. The first-order chi connectivity index (χ1) is 8.54. The van der Waals surface area contributed by atoms with Crippen LogP contribution in [-0.2, 0) is 26.7 Å². The van der Waals surface area contributed by atoms with Crippen molar-refractivity contribution in [3.8, 4) is 0 Å². The van der Waals surface area contributed by atoms with Crippen molar-refractivity contribution in [3.05, 3.63) is 0 Å². The maximum Gasteiger partial charge on any atom is 2.00 e. The van der Waals surface area contributed by atoms with Crippen molar-refractivity contribution < 1.29 is 36.9 Å². The molecule has 0 radical (unpaired) electrons. The minimum Gasteiger partial charge on any atom is -0.550 e. The van der Waals surface area contributed by atoms with Crippen molar-refractivity contribution in [3.63, 3.8) is 0 Å². The Balaban J connectivity index is -0.000000197. The fourth-order valence-corrected chi connectivity index (χ4v) is 1.47. The van der Waals surface area contributed by atoms with E-state index in [1.807, 2.05) is 0 Å². The van der Waals surface area contributed by atoms with Crippen LogP contribution in [0.15, 0.2) is 0 Å². The molecule has 0 saturated heterocycles. The molecular weight excluding hydrogens is 288 g/mol. The molecule has 1 aliphatic rings. The Morgan fingerprint density at radius 1 is 0.737 bits per heavy atom. The molecule has 4 nitrogen and oxygen atoms in total. The molecule has 0 bridgehead atoms. The van der Waals surface area contributed by atoms with Gasteiger partial charge in [-0.25, -0.2) is 0 Å². The van der Waals surface area contributed by atoms with Crippen LogP contribution in [0, 0.1) is 0 Å². The van der Waals surface area contributed by atoms with Crippen LogP contribution in [0.2, 0.25) is 0 Å². The molecule has 0 aromatic carbocycles. The summed E-state index contributed by atoms with van der Waals surface area (Å²) in [7, 11) is 0. The molecule has 5 heteroatoms. The molecule has 0 unspecified atom stereocenters. The normalized spacial score (nSPS) is 12.7. The first-order valence-corrected chi connectivity index (χ1v) is 6.94. The monoisotopic (exact) mass is 314 g/mol. The third-order valence-corrected chi connectivity index (χ3v) is 2.41. The van der Waals surface area contributed by atoms with Gasteiger partial charge in [0.15, 0.2) is 0 Å². The number of carboxylic acids is 2. The van der Waals surface area contributed by atoms with E-state index < -0.39 is 11.9 Å². The number of hydrogen-bond acceptors (Lipinski definition) is 4. The molecule has 0 heterocycles. The van der Waals surface area contributed by atoms with E-state index in [4.69, 9.17) is 0 Å². The van der Waals surface area contributed by atoms with Gasteiger partial charge in [0, 0.05) is 11.9 Å². The van der Waals surface area contributed by atoms with E-state index in [0.717, 1.165) is 0 Å². The van der Waals surface area contributed by atoms with Crippen LogP contribution in [-0.4, -0.2) is 11.9 Å². The first kappa shape index (κ1) is 23.5. The number of carbonyl (C=O) groups excluding carboxylic acids is 2. The second kappa shape index (κ2) is 19.8.